The number of hydrogen-bond acceptors (Lipinski definition) is 3. The summed E-state index contributed by atoms with van der Waals surface area (Å²) in [6, 6.07) is 3.87. The van der Waals surface area contributed by atoms with Gasteiger partial charge in [-0.25, -0.2) is 0 Å². The summed E-state index contributed by atoms with van der Waals surface area (Å²) in [4.78, 5) is 26.3. The quantitative estimate of drug-likeness (QED) is 0.796. The van der Waals surface area contributed by atoms with Gasteiger partial charge in [-0.15, -0.1) is 0 Å². The van der Waals surface area contributed by atoms with Crippen LogP contribution in [-0.4, -0.2) is 42.9 Å². The minimum atomic E-state index is -0.0503. The Balaban J connectivity index is 1.86. The lowest BCUT2D eigenvalue weighted by Gasteiger charge is -2.32. The summed E-state index contributed by atoms with van der Waals surface area (Å²) in [5.74, 6) is 0.432. The van der Waals surface area contributed by atoms with Crippen LogP contribution in [-0.2, 0) is 9.59 Å². The van der Waals surface area contributed by atoms with Gasteiger partial charge in [-0.1, -0.05) is 31.5 Å². The largest absolute Gasteiger partial charge is 0.356 e. The summed E-state index contributed by atoms with van der Waals surface area (Å²) in [5, 5.41) is 6.53. The molecule has 2 N–H and O–H groups in total. The molecule has 1 aromatic rings. The number of aryl methyl sites for hydroxylation is 2. The SMILES string of the molecule is Cc1cc(C)c(NC(=O)CN2CCCC(CNC(=O)C(C)C)C2)c(Cl)c1. The average Bonchev–Trinajstić information content (AvgIpc) is 2.56. The zero-order valence-electron chi connectivity index (χ0n) is 16.2. The Hall–Kier alpha value is -1.59. The van der Waals surface area contributed by atoms with Crippen molar-refractivity contribution in [3.8, 4) is 0 Å². The molecule has 144 valence electrons. The number of nitrogens with zero attached hydrogens (tertiary/aromatic N) is 1. The number of benzene rings is 1. The molecule has 0 aliphatic carbocycles. The molecule has 1 saturated heterocycles. The molecule has 5 nitrogen and oxygen atoms in total. The van der Waals surface area contributed by atoms with Crippen molar-refractivity contribution < 1.29 is 9.59 Å². The highest BCUT2D eigenvalue weighted by molar-refractivity contribution is 6.34. The van der Waals surface area contributed by atoms with E-state index < -0.39 is 0 Å². The van der Waals surface area contributed by atoms with Gasteiger partial charge in [0.25, 0.3) is 0 Å². The first-order valence-corrected chi connectivity index (χ1v) is 9.70. The molecule has 1 heterocycles. The molecular formula is C20H30ClN3O2. The first-order valence-electron chi connectivity index (χ1n) is 9.33. The van der Waals surface area contributed by atoms with Gasteiger partial charge >= 0.3 is 0 Å². The Morgan fingerprint density at radius 1 is 1.31 bits per heavy atom. The topological polar surface area (TPSA) is 61.4 Å². The zero-order valence-corrected chi connectivity index (χ0v) is 16.9. The van der Waals surface area contributed by atoms with Crippen LogP contribution in [0.2, 0.25) is 5.02 Å². The van der Waals surface area contributed by atoms with Gasteiger partial charge in [-0.3, -0.25) is 14.5 Å². The van der Waals surface area contributed by atoms with Gasteiger partial charge in [0.1, 0.15) is 0 Å². The molecule has 0 spiro atoms. The number of amides is 2. The second kappa shape index (κ2) is 9.38. The molecule has 2 amide bonds. The standard InChI is InChI=1S/C20H30ClN3O2/c1-13(2)20(26)22-10-16-6-5-7-24(11-16)12-18(25)23-19-15(4)8-14(3)9-17(19)21/h8-9,13,16H,5-7,10-12H2,1-4H3,(H,22,26)(H,23,25). The third-order valence-electron chi connectivity index (χ3n) is 4.76. The number of hydrogen-bond donors (Lipinski definition) is 2. The number of anilines is 1. The second-order valence-electron chi connectivity index (χ2n) is 7.63. The molecule has 1 aliphatic rings. The Kier molecular flexibility index (Phi) is 7.47. The van der Waals surface area contributed by atoms with Gasteiger partial charge in [0.15, 0.2) is 0 Å². The molecule has 0 bridgehead atoms. The highest BCUT2D eigenvalue weighted by atomic mass is 35.5. The molecule has 0 saturated carbocycles. The predicted molar refractivity (Wildman–Crippen MR) is 107 cm³/mol. The average molecular weight is 380 g/mol. The Morgan fingerprint density at radius 2 is 2.04 bits per heavy atom. The van der Waals surface area contributed by atoms with Crippen LogP contribution >= 0.6 is 11.6 Å². The molecule has 2 rings (SSSR count). The molecule has 1 aliphatic heterocycles. The van der Waals surface area contributed by atoms with Crippen molar-refractivity contribution in [2.75, 3.05) is 31.5 Å². The number of carbonyl (C=O) groups excluding carboxylic acids is 2. The highest BCUT2D eigenvalue weighted by Gasteiger charge is 2.23. The number of rotatable bonds is 6. The van der Waals surface area contributed by atoms with Crippen LogP contribution in [0.25, 0.3) is 0 Å². The fraction of sp³-hybridized carbons (Fsp3) is 0.600. The van der Waals surface area contributed by atoms with Crippen LogP contribution in [0.1, 0.15) is 37.8 Å². The van der Waals surface area contributed by atoms with Crippen molar-refractivity contribution in [2.45, 2.75) is 40.5 Å². The van der Waals surface area contributed by atoms with E-state index in [9.17, 15) is 9.59 Å². The van der Waals surface area contributed by atoms with E-state index in [0.717, 1.165) is 37.1 Å². The number of nitrogens with one attached hydrogen (secondary N) is 2. The molecule has 1 aromatic carbocycles. The molecule has 1 atom stereocenters. The van der Waals surface area contributed by atoms with Crippen molar-refractivity contribution in [1.29, 1.82) is 0 Å². The monoisotopic (exact) mass is 379 g/mol. The fourth-order valence-electron chi connectivity index (χ4n) is 3.37. The summed E-state index contributed by atoms with van der Waals surface area (Å²) in [5.41, 5.74) is 2.74. The molecule has 0 radical (unpaired) electrons. The second-order valence-corrected chi connectivity index (χ2v) is 8.04. The Labute approximate surface area is 161 Å². The molecular weight excluding hydrogens is 350 g/mol. The maximum Gasteiger partial charge on any atom is 0.238 e. The molecule has 1 unspecified atom stereocenters. The first kappa shape index (κ1) is 20.7. The normalized spacial score (nSPS) is 18.0. The van der Waals surface area contributed by atoms with Crippen molar-refractivity contribution in [3.05, 3.63) is 28.3 Å². The summed E-state index contributed by atoms with van der Waals surface area (Å²) in [6.07, 6.45) is 2.12. The van der Waals surface area contributed by atoms with E-state index in [0.29, 0.717) is 29.7 Å². The Bertz CT molecular complexity index is 637. The van der Waals surface area contributed by atoms with Gasteiger partial charge in [-0.2, -0.15) is 0 Å². The van der Waals surface area contributed by atoms with Crippen LogP contribution in [0.4, 0.5) is 5.69 Å². The fourth-order valence-corrected chi connectivity index (χ4v) is 3.74. The van der Waals surface area contributed by atoms with Gasteiger partial charge in [-0.05, 0) is 56.3 Å². The maximum absolute atomic E-state index is 12.5. The number of halogens is 1. The lowest BCUT2D eigenvalue weighted by molar-refractivity contribution is -0.124. The summed E-state index contributed by atoms with van der Waals surface area (Å²) < 4.78 is 0. The summed E-state index contributed by atoms with van der Waals surface area (Å²) >= 11 is 6.27. The zero-order chi connectivity index (χ0) is 19.3. The molecule has 6 heteroatoms. The number of piperidine rings is 1. The minimum Gasteiger partial charge on any atom is -0.356 e. The van der Waals surface area contributed by atoms with E-state index in [-0.39, 0.29) is 17.7 Å². The minimum absolute atomic E-state index is 0.00275. The van der Waals surface area contributed by atoms with Gasteiger partial charge in [0.05, 0.1) is 17.3 Å². The Morgan fingerprint density at radius 3 is 2.69 bits per heavy atom. The third-order valence-corrected chi connectivity index (χ3v) is 5.05. The van der Waals surface area contributed by atoms with Crippen molar-refractivity contribution in [3.63, 3.8) is 0 Å². The van der Waals surface area contributed by atoms with E-state index >= 15 is 0 Å². The maximum atomic E-state index is 12.5. The van der Waals surface area contributed by atoms with Gasteiger partial charge in [0, 0.05) is 19.0 Å². The van der Waals surface area contributed by atoms with E-state index in [1.165, 1.54) is 0 Å². The van der Waals surface area contributed by atoms with Crippen LogP contribution in [0.15, 0.2) is 12.1 Å². The lowest BCUT2D eigenvalue weighted by Crippen LogP contribution is -2.44. The van der Waals surface area contributed by atoms with Crippen LogP contribution in [0, 0.1) is 25.7 Å². The first-order chi connectivity index (χ1) is 12.3. The van der Waals surface area contributed by atoms with E-state index in [1.807, 2.05) is 39.8 Å². The van der Waals surface area contributed by atoms with E-state index in [4.69, 9.17) is 11.6 Å². The van der Waals surface area contributed by atoms with Crippen LogP contribution in [0.5, 0.6) is 0 Å². The van der Waals surface area contributed by atoms with Crippen molar-refractivity contribution >= 4 is 29.1 Å². The van der Waals surface area contributed by atoms with Gasteiger partial charge < -0.3 is 10.6 Å². The van der Waals surface area contributed by atoms with Crippen LogP contribution < -0.4 is 10.6 Å². The smallest absolute Gasteiger partial charge is 0.238 e. The van der Waals surface area contributed by atoms with Crippen LogP contribution in [0.3, 0.4) is 0 Å². The summed E-state index contributed by atoms with van der Waals surface area (Å²) in [6.45, 7) is 10.5. The molecule has 26 heavy (non-hydrogen) atoms. The summed E-state index contributed by atoms with van der Waals surface area (Å²) in [7, 11) is 0. The molecule has 1 fully saturated rings. The highest BCUT2D eigenvalue weighted by Crippen LogP contribution is 2.27. The van der Waals surface area contributed by atoms with E-state index in [1.54, 1.807) is 0 Å². The number of carbonyl (C=O) groups is 2. The number of likely N-dealkylation sites (tertiary alicyclic amines) is 1. The molecule has 0 aromatic heterocycles. The third kappa shape index (κ3) is 5.99. The van der Waals surface area contributed by atoms with Gasteiger partial charge in [0.2, 0.25) is 11.8 Å². The van der Waals surface area contributed by atoms with Crippen molar-refractivity contribution in [1.82, 2.24) is 10.2 Å². The predicted octanol–water partition coefficient (Wildman–Crippen LogP) is 3.38. The lowest BCUT2D eigenvalue weighted by atomic mass is 9.97. The van der Waals surface area contributed by atoms with Crippen molar-refractivity contribution in [2.24, 2.45) is 11.8 Å². The van der Waals surface area contributed by atoms with E-state index in [2.05, 4.69) is 15.5 Å².